The van der Waals surface area contributed by atoms with Crippen molar-refractivity contribution in [2.45, 2.75) is 44.2 Å². The van der Waals surface area contributed by atoms with E-state index in [0.717, 1.165) is 36.3 Å². The quantitative estimate of drug-likeness (QED) is 0.285. The number of nitrogens with one attached hydrogen (secondary N) is 1. The third-order valence-electron chi connectivity index (χ3n) is 6.49. The fourth-order valence-corrected chi connectivity index (χ4v) is 6.06. The van der Waals surface area contributed by atoms with Gasteiger partial charge >= 0.3 is 5.97 Å². The molecule has 1 saturated heterocycles. The SMILES string of the molecule is CCOC(=O)c1sc(Nc2nc(N3CCC[C@H]3CO)c3ncn(Cc4ccc(S(C)(=O)=O)cc4)c3n2)nc1C. The monoisotopic (exact) mass is 571 g/mol. The van der Waals surface area contributed by atoms with Gasteiger partial charge in [-0.05, 0) is 44.4 Å². The maximum atomic E-state index is 12.3. The van der Waals surface area contributed by atoms with Gasteiger partial charge in [0.1, 0.15) is 4.88 Å². The number of hydrogen-bond acceptors (Lipinski definition) is 12. The summed E-state index contributed by atoms with van der Waals surface area (Å²) in [5.41, 5.74) is 2.58. The fourth-order valence-electron chi connectivity index (χ4n) is 4.58. The maximum Gasteiger partial charge on any atom is 0.350 e. The molecule has 4 aromatic rings. The molecule has 0 radical (unpaired) electrons. The van der Waals surface area contributed by atoms with E-state index in [1.807, 2.05) is 9.47 Å². The molecule has 0 amide bonds. The highest BCUT2D eigenvalue weighted by Gasteiger charge is 2.29. The van der Waals surface area contributed by atoms with Gasteiger partial charge in [-0.3, -0.25) is 5.32 Å². The molecule has 0 unspecified atom stereocenters. The number of rotatable bonds is 9. The topological polar surface area (TPSA) is 152 Å². The predicted octanol–water partition coefficient (Wildman–Crippen LogP) is 2.92. The molecule has 0 bridgehead atoms. The molecule has 3 aromatic heterocycles. The lowest BCUT2D eigenvalue weighted by Gasteiger charge is -2.24. The normalized spacial score (nSPS) is 15.7. The number of sulfone groups is 1. The Bertz CT molecular complexity index is 1620. The zero-order valence-corrected chi connectivity index (χ0v) is 23.4. The molecule has 5 rings (SSSR count). The Morgan fingerprint density at radius 2 is 2.00 bits per heavy atom. The first kappa shape index (κ1) is 27.0. The van der Waals surface area contributed by atoms with Crippen LogP contribution in [0, 0.1) is 6.92 Å². The van der Waals surface area contributed by atoms with E-state index >= 15 is 0 Å². The molecule has 12 nitrogen and oxygen atoms in total. The van der Waals surface area contributed by atoms with Gasteiger partial charge in [-0.15, -0.1) is 0 Å². The molecule has 1 aliphatic heterocycles. The number of fused-ring (bicyclic) bond motifs is 1. The van der Waals surface area contributed by atoms with Crippen LogP contribution in [-0.4, -0.2) is 76.1 Å². The van der Waals surface area contributed by atoms with Gasteiger partial charge in [-0.1, -0.05) is 23.5 Å². The molecule has 2 N–H and O–H groups in total. The summed E-state index contributed by atoms with van der Waals surface area (Å²) in [5.74, 6) is 0.448. The number of nitrogens with zero attached hydrogens (tertiary/aromatic N) is 6. The van der Waals surface area contributed by atoms with Crippen LogP contribution in [0.2, 0.25) is 0 Å². The van der Waals surface area contributed by atoms with E-state index in [1.54, 1.807) is 44.4 Å². The van der Waals surface area contributed by atoms with Crippen molar-refractivity contribution in [2.24, 2.45) is 0 Å². The third-order valence-corrected chi connectivity index (χ3v) is 8.67. The van der Waals surface area contributed by atoms with E-state index in [0.29, 0.717) is 39.2 Å². The summed E-state index contributed by atoms with van der Waals surface area (Å²) in [6, 6.07) is 6.61. The lowest BCUT2D eigenvalue weighted by molar-refractivity contribution is 0.0531. The van der Waals surface area contributed by atoms with Crippen LogP contribution in [0.1, 0.15) is 40.7 Å². The number of hydrogen-bond donors (Lipinski definition) is 2. The van der Waals surface area contributed by atoms with Gasteiger partial charge < -0.3 is 19.3 Å². The molecule has 0 saturated carbocycles. The number of aromatic nitrogens is 5. The first-order valence-electron chi connectivity index (χ1n) is 12.5. The summed E-state index contributed by atoms with van der Waals surface area (Å²) < 4.78 is 30.7. The Kier molecular flexibility index (Phi) is 7.51. The number of carbonyl (C=O) groups excluding carboxylic acids is 1. The number of aliphatic hydroxyl groups is 1. The van der Waals surface area contributed by atoms with Crippen molar-refractivity contribution >= 4 is 55.2 Å². The van der Waals surface area contributed by atoms with Crippen LogP contribution in [0.15, 0.2) is 35.5 Å². The maximum absolute atomic E-state index is 12.3. The van der Waals surface area contributed by atoms with Crippen LogP contribution in [0.5, 0.6) is 0 Å². The van der Waals surface area contributed by atoms with Gasteiger partial charge in [0.25, 0.3) is 0 Å². The number of ether oxygens (including phenoxy) is 1. The molecule has 1 aromatic carbocycles. The van der Waals surface area contributed by atoms with Crippen molar-refractivity contribution in [1.29, 1.82) is 0 Å². The molecule has 0 aliphatic carbocycles. The third kappa shape index (κ3) is 5.58. The Morgan fingerprint density at radius 3 is 2.69 bits per heavy atom. The summed E-state index contributed by atoms with van der Waals surface area (Å²) in [5, 5.41) is 13.5. The number of aryl methyl sites for hydroxylation is 1. The number of aliphatic hydroxyl groups excluding tert-OH is 1. The second-order valence-electron chi connectivity index (χ2n) is 9.28. The lowest BCUT2D eigenvalue weighted by atomic mass is 10.2. The molecule has 1 aliphatic rings. The van der Waals surface area contributed by atoms with Gasteiger partial charge in [0.15, 0.2) is 32.0 Å². The number of benzene rings is 1. The number of imidazole rings is 1. The molecule has 206 valence electrons. The van der Waals surface area contributed by atoms with Crippen LogP contribution < -0.4 is 10.2 Å². The summed E-state index contributed by atoms with van der Waals surface area (Å²) in [6.45, 7) is 4.88. The minimum Gasteiger partial charge on any atom is -0.462 e. The van der Waals surface area contributed by atoms with Crippen LogP contribution in [0.25, 0.3) is 11.2 Å². The Morgan fingerprint density at radius 1 is 1.23 bits per heavy atom. The smallest absolute Gasteiger partial charge is 0.350 e. The molecule has 1 atom stereocenters. The second-order valence-corrected chi connectivity index (χ2v) is 12.3. The number of thiazole rings is 1. The van der Waals surface area contributed by atoms with E-state index in [2.05, 4.69) is 15.3 Å². The van der Waals surface area contributed by atoms with Gasteiger partial charge in [-0.2, -0.15) is 9.97 Å². The molecule has 39 heavy (non-hydrogen) atoms. The predicted molar refractivity (Wildman–Crippen MR) is 148 cm³/mol. The van der Waals surface area contributed by atoms with E-state index in [9.17, 15) is 18.3 Å². The zero-order valence-electron chi connectivity index (χ0n) is 21.8. The highest BCUT2D eigenvalue weighted by atomic mass is 32.2. The summed E-state index contributed by atoms with van der Waals surface area (Å²) in [4.78, 5) is 33.5. The number of carbonyl (C=O) groups is 1. The molecule has 0 spiro atoms. The number of anilines is 3. The molecule has 4 heterocycles. The molecular weight excluding hydrogens is 542 g/mol. The summed E-state index contributed by atoms with van der Waals surface area (Å²) in [6.07, 6.45) is 4.61. The average Bonchev–Trinajstić information content (AvgIpc) is 3.62. The summed E-state index contributed by atoms with van der Waals surface area (Å²) >= 11 is 1.16. The van der Waals surface area contributed by atoms with E-state index in [-0.39, 0.29) is 30.1 Å². The molecule has 1 fully saturated rings. The summed E-state index contributed by atoms with van der Waals surface area (Å²) in [7, 11) is -3.29. The van der Waals surface area contributed by atoms with Crippen LogP contribution in [-0.2, 0) is 21.1 Å². The van der Waals surface area contributed by atoms with Gasteiger partial charge in [0, 0.05) is 12.8 Å². The van der Waals surface area contributed by atoms with Crippen molar-refractivity contribution in [3.63, 3.8) is 0 Å². The zero-order chi connectivity index (χ0) is 27.7. The van der Waals surface area contributed by atoms with E-state index in [1.165, 1.54) is 6.26 Å². The van der Waals surface area contributed by atoms with Crippen LogP contribution in [0.4, 0.5) is 16.9 Å². The van der Waals surface area contributed by atoms with Crippen molar-refractivity contribution in [1.82, 2.24) is 24.5 Å². The van der Waals surface area contributed by atoms with Crippen molar-refractivity contribution in [3.8, 4) is 0 Å². The van der Waals surface area contributed by atoms with Gasteiger partial charge in [0.05, 0.1) is 42.7 Å². The standard InChI is InChI=1S/C25H29N7O5S2/c1-4-37-23(34)20-15(2)27-25(38-20)30-24-28-21-19(22(29-24)32-11-5-6-17(32)13-33)26-14-31(21)12-16-7-9-18(10-8-16)39(3,35)36/h7-10,14,17,33H,4-6,11-13H2,1-3H3,(H,27,28,29,30)/t17-/m0/s1. The molecule has 14 heteroatoms. The second kappa shape index (κ2) is 10.9. The van der Waals surface area contributed by atoms with Crippen molar-refractivity contribution in [3.05, 3.63) is 46.7 Å². The van der Waals surface area contributed by atoms with Crippen LogP contribution >= 0.6 is 11.3 Å². The van der Waals surface area contributed by atoms with Crippen LogP contribution in [0.3, 0.4) is 0 Å². The fraction of sp³-hybridized carbons (Fsp3) is 0.400. The van der Waals surface area contributed by atoms with E-state index in [4.69, 9.17) is 14.7 Å². The largest absolute Gasteiger partial charge is 0.462 e. The Balaban J connectivity index is 1.53. The van der Waals surface area contributed by atoms with Crippen molar-refractivity contribution < 1.29 is 23.1 Å². The van der Waals surface area contributed by atoms with Gasteiger partial charge in [-0.25, -0.2) is 23.2 Å². The lowest BCUT2D eigenvalue weighted by Crippen LogP contribution is -2.33. The average molecular weight is 572 g/mol. The highest BCUT2D eigenvalue weighted by molar-refractivity contribution is 7.90. The van der Waals surface area contributed by atoms with Crippen molar-refractivity contribution in [2.75, 3.05) is 36.2 Å². The first-order valence-corrected chi connectivity index (χ1v) is 15.2. The minimum atomic E-state index is -3.29. The minimum absolute atomic E-state index is 0.00374. The highest BCUT2D eigenvalue weighted by Crippen LogP contribution is 2.32. The van der Waals surface area contributed by atoms with E-state index < -0.39 is 15.8 Å². The molecular formula is C25H29N7O5S2. The Hall–Kier alpha value is -3.62. The number of esters is 1. The first-order chi connectivity index (χ1) is 18.7. The van der Waals surface area contributed by atoms with Gasteiger partial charge in [0.2, 0.25) is 5.95 Å². The Labute approximate surface area is 229 Å².